The number of nitrogens with two attached hydrogens (primary N) is 6. The number of carbonyl (C=O) groups excluding carboxylic acids is 11. The summed E-state index contributed by atoms with van der Waals surface area (Å²) in [7, 11) is 0. The third-order valence-corrected chi connectivity index (χ3v) is 14.5. The number of benzene rings is 2. The third-order valence-electron chi connectivity index (χ3n) is 14.5. The minimum absolute atomic E-state index is 0.00354. The molecule has 0 spiro atoms. The molecule has 3 aromatic rings. The van der Waals surface area contributed by atoms with Gasteiger partial charge in [-0.15, -0.1) is 0 Å². The Bertz CT molecular complexity index is 2850. The van der Waals surface area contributed by atoms with Crippen molar-refractivity contribution >= 4 is 65.0 Å². The highest BCUT2D eigenvalue weighted by Crippen LogP contribution is 2.38. The topological polar surface area (TPSA) is 488 Å². The maximum atomic E-state index is 14.4. The van der Waals surface area contributed by atoms with Gasteiger partial charge in [0.1, 0.15) is 53.9 Å². The molecular weight excluding hydrogens is 1140 g/mol. The summed E-state index contributed by atoms with van der Waals surface area (Å²) in [4.78, 5) is 157. The van der Waals surface area contributed by atoms with Crippen molar-refractivity contribution in [1.29, 1.82) is 0 Å². The molecule has 1 aliphatic rings. The highest BCUT2D eigenvalue weighted by atomic mass is 16.3. The van der Waals surface area contributed by atoms with Crippen LogP contribution in [0.1, 0.15) is 95.0 Å². The van der Waals surface area contributed by atoms with Gasteiger partial charge in [-0.3, -0.25) is 57.7 Å². The molecule has 1 saturated heterocycles. The number of amides is 11. The fourth-order valence-corrected chi connectivity index (χ4v) is 9.57. The van der Waals surface area contributed by atoms with E-state index in [0.29, 0.717) is 11.3 Å². The third kappa shape index (κ3) is 22.0. The first kappa shape index (κ1) is 72.0. The van der Waals surface area contributed by atoms with Gasteiger partial charge in [0.15, 0.2) is 0 Å². The monoisotopic (exact) mass is 1230 g/mol. The Kier molecular flexibility index (Phi) is 29.4. The minimum atomic E-state index is -1.55. The van der Waals surface area contributed by atoms with E-state index in [-0.39, 0.29) is 109 Å². The quantitative estimate of drug-likeness (QED) is 0.0241. The molecule has 2 aromatic carbocycles. The molecule has 482 valence electrons. The van der Waals surface area contributed by atoms with Crippen LogP contribution in [0.25, 0.3) is 11.3 Å². The second-order valence-electron chi connectivity index (χ2n) is 22.0. The molecule has 4 rings (SSSR count). The summed E-state index contributed by atoms with van der Waals surface area (Å²) in [6.07, 6.45) is -0.349. The number of rotatable bonds is 38. The SMILES string of the molecule is CCC(NC(=O)C1(CCN)CN1C(=O)c1ccnc(-c2ccccc2)c1)C(=O)NC(CN)C(=O)NC(CCNC(=O)CC(C)O)C(=O)NC(CCN)C(=O)NC(Cc1ccccc1)C(=O)NC(CC(C)C)C(=O)NC(CCN)C(=O)NC(CCN)C(N)=O. The molecule has 1 aliphatic heterocycles. The summed E-state index contributed by atoms with van der Waals surface area (Å²) in [6, 6.07) is 10.0. The average Bonchev–Trinajstić information content (AvgIpc) is 1.68. The Labute approximate surface area is 511 Å². The Hall–Kier alpha value is -8.48. The lowest BCUT2D eigenvalue weighted by Gasteiger charge is -2.28. The first-order valence-corrected chi connectivity index (χ1v) is 29.5. The van der Waals surface area contributed by atoms with E-state index < -0.39 is 132 Å². The lowest BCUT2D eigenvalue weighted by Crippen LogP contribution is -2.61. The van der Waals surface area contributed by atoms with Crippen molar-refractivity contribution in [1.82, 2.24) is 57.7 Å². The molecule has 29 nitrogen and oxygen atoms in total. The lowest BCUT2D eigenvalue weighted by molar-refractivity contribution is -0.136. The van der Waals surface area contributed by atoms with Gasteiger partial charge >= 0.3 is 0 Å². The number of aliphatic hydroxyl groups is 1. The van der Waals surface area contributed by atoms with Gasteiger partial charge in [0.2, 0.25) is 59.1 Å². The molecule has 11 amide bonds. The predicted octanol–water partition coefficient (Wildman–Crippen LogP) is -4.36. The van der Waals surface area contributed by atoms with E-state index in [1.807, 2.05) is 30.3 Å². The van der Waals surface area contributed by atoms with Crippen LogP contribution >= 0.6 is 0 Å². The highest BCUT2D eigenvalue weighted by molar-refractivity contribution is 6.05. The normalized spacial score (nSPS) is 16.5. The van der Waals surface area contributed by atoms with Gasteiger partial charge in [-0.05, 0) is 102 Å². The standard InChI is InChI=1S/C59H89N17O12/c1-5-39(75-58(88)59(21-25-63)33-76(59)57(87)38-19-26-66-44(31-38)37-14-10-7-11-15-37)50(80)74-47(32-64)56(86)71-43(20-27-67-48(78)29-35(4)77)53(83)69-42(18-24-62)52(82)73-46(30-36-12-8-6-9-13-36)55(85)72-45(28-34(2)3)54(84)70-41(17-23-61)51(81)68-40(16-22-60)49(65)79/h6-15,19,26,31,34-35,39-43,45-47,77H,5,16-18,20-25,27-30,32-33,60-64H2,1-4H3,(H2,65,79)(H,67,78)(H,68,81)(H,69,83)(H,70,84)(H,71,86)(H,72,85)(H,73,82)(H,74,80)(H,75,88). The van der Waals surface area contributed by atoms with Gasteiger partial charge < -0.3 is 92.3 Å². The summed E-state index contributed by atoms with van der Waals surface area (Å²) in [5.41, 5.74) is 35.6. The van der Waals surface area contributed by atoms with Crippen LogP contribution in [0, 0.1) is 5.92 Å². The second kappa shape index (κ2) is 36.0. The number of carbonyl (C=O) groups is 11. The van der Waals surface area contributed by atoms with E-state index in [9.17, 15) is 57.8 Å². The molecule has 1 fully saturated rings. The van der Waals surface area contributed by atoms with Crippen molar-refractivity contribution in [2.24, 2.45) is 40.3 Å². The zero-order valence-electron chi connectivity index (χ0n) is 50.4. The molecule has 2 heterocycles. The number of nitrogens with one attached hydrogen (secondary N) is 9. The van der Waals surface area contributed by atoms with Crippen molar-refractivity contribution < 1.29 is 57.8 Å². The van der Waals surface area contributed by atoms with Gasteiger partial charge in [0, 0.05) is 36.8 Å². The molecule has 88 heavy (non-hydrogen) atoms. The largest absolute Gasteiger partial charge is 0.393 e. The summed E-state index contributed by atoms with van der Waals surface area (Å²) in [5, 5.41) is 33.2. The fourth-order valence-electron chi connectivity index (χ4n) is 9.57. The van der Waals surface area contributed by atoms with Crippen LogP contribution in [-0.4, -0.2) is 186 Å². The van der Waals surface area contributed by atoms with Crippen LogP contribution in [0.15, 0.2) is 79.0 Å². The number of hydrogen-bond donors (Lipinski definition) is 16. The van der Waals surface area contributed by atoms with Gasteiger partial charge in [0.25, 0.3) is 5.91 Å². The van der Waals surface area contributed by atoms with Gasteiger partial charge in [-0.25, -0.2) is 0 Å². The Morgan fingerprint density at radius 1 is 0.580 bits per heavy atom. The molecule has 10 unspecified atom stereocenters. The van der Waals surface area contributed by atoms with E-state index in [1.54, 1.807) is 57.2 Å². The smallest absolute Gasteiger partial charge is 0.255 e. The number of aromatic nitrogens is 1. The van der Waals surface area contributed by atoms with Crippen LogP contribution in [0.2, 0.25) is 0 Å². The molecule has 10 atom stereocenters. The summed E-state index contributed by atoms with van der Waals surface area (Å²) in [6.45, 7) is 5.63. The molecule has 1 aromatic heterocycles. The number of primary amides is 1. The van der Waals surface area contributed by atoms with Crippen molar-refractivity contribution in [3.63, 3.8) is 0 Å². The van der Waals surface area contributed by atoms with Crippen molar-refractivity contribution in [3.05, 3.63) is 90.1 Å². The lowest BCUT2D eigenvalue weighted by atomic mass is 10.00. The van der Waals surface area contributed by atoms with E-state index in [0.717, 1.165) is 5.56 Å². The minimum Gasteiger partial charge on any atom is -0.393 e. The van der Waals surface area contributed by atoms with Crippen molar-refractivity contribution in [3.8, 4) is 11.3 Å². The highest BCUT2D eigenvalue weighted by Gasteiger charge is 2.60. The maximum absolute atomic E-state index is 14.4. The maximum Gasteiger partial charge on any atom is 0.255 e. The van der Waals surface area contributed by atoms with Crippen LogP contribution in [-0.2, 0) is 54.4 Å². The Balaban J connectivity index is 1.53. The summed E-state index contributed by atoms with van der Waals surface area (Å²) >= 11 is 0. The first-order valence-electron chi connectivity index (χ1n) is 29.5. The van der Waals surface area contributed by atoms with Gasteiger partial charge in [-0.2, -0.15) is 0 Å². The second-order valence-corrected chi connectivity index (χ2v) is 22.0. The number of nitrogens with zero attached hydrogens (tertiary/aromatic N) is 2. The molecule has 0 aliphatic carbocycles. The van der Waals surface area contributed by atoms with Crippen LogP contribution in [0.3, 0.4) is 0 Å². The van der Waals surface area contributed by atoms with E-state index in [4.69, 9.17) is 34.4 Å². The van der Waals surface area contributed by atoms with Gasteiger partial charge in [0.05, 0.1) is 24.8 Å². The van der Waals surface area contributed by atoms with E-state index in [2.05, 4.69) is 52.8 Å². The molecular formula is C59H89N17O12. The Morgan fingerprint density at radius 2 is 1.06 bits per heavy atom. The van der Waals surface area contributed by atoms with E-state index >= 15 is 0 Å². The van der Waals surface area contributed by atoms with Crippen molar-refractivity contribution in [2.75, 3.05) is 45.8 Å². The zero-order chi connectivity index (χ0) is 65.1. The molecule has 0 radical (unpaired) electrons. The molecule has 0 saturated carbocycles. The predicted molar refractivity (Wildman–Crippen MR) is 326 cm³/mol. The van der Waals surface area contributed by atoms with Gasteiger partial charge in [-0.1, -0.05) is 81.4 Å². The average molecular weight is 1230 g/mol. The number of pyridine rings is 1. The molecule has 22 N–H and O–H groups in total. The Morgan fingerprint density at radius 3 is 1.58 bits per heavy atom. The molecule has 0 bridgehead atoms. The summed E-state index contributed by atoms with van der Waals surface area (Å²) in [5.74, 6) is -8.81. The first-order chi connectivity index (χ1) is 41.9. The number of hydrogen-bond acceptors (Lipinski definition) is 18. The van der Waals surface area contributed by atoms with Crippen molar-refractivity contribution in [2.45, 2.75) is 145 Å². The van der Waals surface area contributed by atoms with Crippen LogP contribution in [0.4, 0.5) is 0 Å². The summed E-state index contributed by atoms with van der Waals surface area (Å²) < 4.78 is 0. The van der Waals surface area contributed by atoms with E-state index in [1.165, 1.54) is 24.1 Å². The number of aliphatic hydroxyl groups excluding tert-OH is 1. The van der Waals surface area contributed by atoms with Crippen LogP contribution in [0.5, 0.6) is 0 Å². The fraction of sp³-hybridized carbons (Fsp3) is 0.525. The molecule has 29 heteroatoms. The van der Waals surface area contributed by atoms with Crippen LogP contribution < -0.4 is 82.3 Å². The zero-order valence-corrected chi connectivity index (χ0v) is 50.4.